The summed E-state index contributed by atoms with van der Waals surface area (Å²) >= 11 is 0. The maximum absolute atomic E-state index is 11.8. The van der Waals surface area contributed by atoms with Crippen molar-refractivity contribution >= 4 is 5.97 Å². The lowest BCUT2D eigenvalue weighted by molar-refractivity contribution is -0.150. The number of nitriles is 1. The van der Waals surface area contributed by atoms with Crippen LogP contribution in [-0.4, -0.2) is 12.6 Å². The fourth-order valence-electron chi connectivity index (χ4n) is 2.62. The van der Waals surface area contributed by atoms with Crippen molar-refractivity contribution < 1.29 is 9.53 Å². The SMILES string of the molecule is CCCOC(=O)[C@@H]1[C@H](C#N)[C@H]2C=C[C@@H]1C2. The quantitative estimate of drug-likeness (QED) is 0.522. The summed E-state index contributed by atoms with van der Waals surface area (Å²) in [7, 11) is 0. The van der Waals surface area contributed by atoms with Crippen molar-refractivity contribution in [1.82, 2.24) is 0 Å². The monoisotopic (exact) mass is 205 g/mol. The van der Waals surface area contributed by atoms with Crippen molar-refractivity contribution in [1.29, 1.82) is 5.26 Å². The molecule has 0 radical (unpaired) electrons. The molecular formula is C12H15NO2. The number of hydrogen-bond donors (Lipinski definition) is 0. The van der Waals surface area contributed by atoms with Crippen molar-refractivity contribution in [2.45, 2.75) is 19.8 Å². The van der Waals surface area contributed by atoms with Crippen LogP contribution in [0.1, 0.15) is 19.8 Å². The summed E-state index contributed by atoms with van der Waals surface area (Å²) in [4.78, 5) is 11.8. The zero-order chi connectivity index (χ0) is 10.8. The van der Waals surface area contributed by atoms with E-state index in [1.54, 1.807) is 0 Å². The Bertz CT molecular complexity index is 329. The highest BCUT2D eigenvalue weighted by Gasteiger charge is 2.49. The van der Waals surface area contributed by atoms with Crippen LogP contribution in [0, 0.1) is 35.0 Å². The number of fused-ring (bicyclic) bond motifs is 2. The summed E-state index contributed by atoms with van der Waals surface area (Å²) in [6, 6.07) is 2.25. The Morgan fingerprint density at radius 1 is 1.53 bits per heavy atom. The number of rotatable bonds is 3. The molecule has 2 bridgehead atoms. The van der Waals surface area contributed by atoms with Gasteiger partial charge in [0.1, 0.15) is 0 Å². The Labute approximate surface area is 89.7 Å². The van der Waals surface area contributed by atoms with Crippen LogP contribution in [0.2, 0.25) is 0 Å². The molecule has 2 rings (SSSR count). The summed E-state index contributed by atoms with van der Waals surface area (Å²) < 4.78 is 5.14. The third-order valence-electron chi connectivity index (χ3n) is 3.33. The molecule has 3 heteroatoms. The molecule has 1 fully saturated rings. The maximum Gasteiger partial charge on any atom is 0.310 e. The summed E-state index contributed by atoms with van der Waals surface area (Å²) in [5.41, 5.74) is 0. The summed E-state index contributed by atoms with van der Waals surface area (Å²) in [6.45, 7) is 2.43. The molecule has 1 saturated carbocycles. The normalized spacial score (nSPS) is 36.5. The van der Waals surface area contributed by atoms with Gasteiger partial charge in [-0.05, 0) is 24.7 Å². The summed E-state index contributed by atoms with van der Waals surface area (Å²) in [5, 5.41) is 9.04. The molecule has 80 valence electrons. The third kappa shape index (κ3) is 1.65. The van der Waals surface area contributed by atoms with Gasteiger partial charge in [-0.25, -0.2) is 0 Å². The van der Waals surface area contributed by atoms with Crippen LogP contribution in [0.25, 0.3) is 0 Å². The van der Waals surface area contributed by atoms with Crippen molar-refractivity contribution in [3.8, 4) is 6.07 Å². The van der Waals surface area contributed by atoms with Gasteiger partial charge >= 0.3 is 5.97 Å². The van der Waals surface area contributed by atoms with Gasteiger partial charge in [-0.2, -0.15) is 5.26 Å². The minimum atomic E-state index is -0.212. The molecule has 0 aromatic carbocycles. The van der Waals surface area contributed by atoms with Gasteiger partial charge in [0.15, 0.2) is 0 Å². The molecule has 3 nitrogen and oxygen atoms in total. The minimum Gasteiger partial charge on any atom is -0.465 e. The molecule has 0 amide bonds. The fourth-order valence-corrected chi connectivity index (χ4v) is 2.62. The number of hydrogen-bond acceptors (Lipinski definition) is 3. The van der Waals surface area contributed by atoms with Crippen LogP contribution in [0.5, 0.6) is 0 Å². The predicted molar refractivity (Wildman–Crippen MR) is 54.6 cm³/mol. The first kappa shape index (κ1) is 10.2. The van der Waals surface area contributed by atoms with Crippen LogP contribution in [0.3, 0.4) is 0 Å². The number of carbonyl (C=O) groups excluding carboxylic acids is 1. The predicted octanol–water partition coefficient (Wildman–Crippen LogP) is 1.90. The van der Waals surface area contributed by atoms with Crippen LogP contribution in [0.4, 0.5) is 0 Å². The van der Waals surface area contributed by atoms with Gasteiger partial charge in [0.05, 0.1) is 24.5 Å². The van der Waals surface area contributed by atoms with Crippen LogP contribution in [-0.2, 0) is 9.53 Å². The molecule has 0 aliphatic heterocycles. The Morgan fingerprint density at radius 2 is 2.27 bits per heavy atom. The number of ether oxygens (including phenoxy) is 1. The molecule has 0 spiro atoms. The van der Waals surface area contributed by atoms with E-state index in [1.165, 1.54) is 0 Å². The lowest BCUT2D eigenvalue weighted by Crippen LogP contribution is -2.28. The Kier molecular flexibility index (Phi) is 2.77. The van der Waals surface area contributed by atoms with E-state index in [-0.39, 0.29) is 29.6 Å². The smallest absolute Gasteiger partial charge is 0.310 e. The lowest BCUT2D eigenvalue weighted by atomic mass is 9.84. The zero-order valence-corrected chi connectivity index (χ0v) is 8.85. The Hall–Kier alpha value is -1.30. The first-order valence-corrected chi connectivity index (χ1v) is 5.52. The van der Waals surface area contributed by atoms with Gasteiger partial charge in [-0.1, -0.05) is 19.1 Å². The van der Waals surface area contributed by atoms with E-state index in [4.69, 9.17) is 10.00 Å². The third-order valence-corrected chi connectivity index (χ3v) is 3.33. The Morgan fingerprint density at radius 3 is 2.93 bits per heavy atom. The standard InChI is InChI=1S/C12H15NO2/c1-2-5-15-12(14)11-9-4-3-8(6-9)10(11)7-13/h3-4,8-11H,2,5-6H2,1H3/t8-,9+,10+,11-/m0/s1. The first-order chi connectivity index (χ1) is 7.27. The van der Waals surface area contributed by atoms with Gasteiger partial charge in [-0.3, -0.25) is 4.79 Å². The van der Waals surface area contributed by atoms with Gasteiger partial charge in [0.25, 0.3) is 0 Å². The maximum atomic E-state index is 11.8. The topological polar surface area (TPSA) is 50.1 Å². The second-order valence-electron chi connectivity index (χ2n) is 4.30. The van der Waals surface area contributed by atoms with E-state index in [0.717, 1.165) is 12.8 Å². The number of esters is 1. The van der Waals surface area contributed by atoms with Crippen LogP contribution in [0.15, 0.2) is 12.2 Å². The highest BCUT2D eigenvalue weighted by atomic mass is 16.5. The second-order valence-corrected chi connectivity index (χ2v) is 4.30. The molecule has 15 heavy (non-hydrogen) atoms. The van der Waals surface area contributed by atoms with Crippen molar-refractivity contribution in [3.63, 3.8) is 0 Å². The first-order valence-electron chi connectivity index (χ1n) is 5.52. The average Bonchev–Trinajstić information content (AvgIpc) is 2.84. The van der Waals surface area contributed by atoms with Gasteiger partial charge in [0.2, 0.25) is 0 Å². The summed E-state index contributed by atoms with van der Waals surface area (Å²) in [5.74, 6) is -0.0376. The molecule has 2 aliphatic carbocycles. The second kappa shape index (κ2) is 4.06. The molecule has 2 aliphatic rings. The zero-order valence-electron chi connectivity index (χ0n) is 8.85. The largest absolute Gasteiger partial charge is 0.465 e. The van der Waals surface area contributed by atoms with E-state index in [0.29, 0.717) is 6.61 Å². The van der Waals surface area contributed by atoms with Crippen molar-refractivity contribution in [2.24, 2.45) is 23.7 Å². The van der Waals surface area contributed by atoms with Gasteiger partial charge in [-0.15, -0.1) is 0 Å². The fraction of sp³-hybridized carbons (Fsp3) is 0.667. The molecule has 0 aromatic rings. The van der Waals surface area contributed by atoms with Gasteiger partial charge < -0.3 is 4.74 Å². The molecule has 0 N–H and O–H groups in total. The molecular weight excluding hydrogens is 190 g/mol. The van der Waals surface area contributed by atoms with Crippen molar-refractivity contribution in [3.05, 3.63) is 12.2 Å². The van der Waals surface area contributed by atoms with Crippen LogP contribution >= 0.6 is 0 Å². The number of nitrogens with zero attached hydrogens (tertiary/aromatic N) is 1. The lowest BCUT2D eigenvalue weighted by Gasteiger charge is -2.20. The highest BCUT2D eigenvalue weighted by Crippen LogP contribution is 2.48. The molecule has 0 aromatic heterocycles. The minimum absolute atomic E-state index is 0.163. The van der Waals surface area contributed by atoms with E-state index in [1.807, 2.05) is 6.92 Å². The van der Waals surface area contributed by atoms with E-state index < -0.39 is 0 Å². The summed E-state index contributed by atoms with van der Waals surface area (Å²) in [6.07, 6.45) is 5.92. The van der Waals surface area contributed by atoms with Gasteiger partial charge in [0, 0.05) is 0 Å². The van der Waals surface area contributed by atoms with Crippen LogP contribution < -0.4 is 0 Å². The number of allylic oxidation sites excluding steroid dienone is 2. The van der Waals surface area contributed by atoms with Crippen molar-refractivity contribution in [2.75, 3.05) is 6.61 Å². The molecule has 0 unspecified atom stereocenters. The molecule has 0 saturated heterocycles. The van der Waals surface area contributed by atoms with E-state index in [2.05, 4.69) is 18.2 Å². The number of carbonyl (C=O) groups is 1. The average molecular weight is 205 g/mol. The molecule has 0 heterocycles. The Balaban J connectivity index is 2.06. The van der Waals surface area contributed by atoms with E-state index >= 15 is 0 Å². The van der Waals surface area contributed by atoms with E-state index in [9.17, 15) is 4.79 Å². The molecule has 4 atom stereocenters. The highest BCUT2D eigenvalue weighted by molar-refractivity contribution is 5.75.